The zero-order valence-corrected chi connectivity index (χ0v) is 17.4. The molecule has 7 nitrogen and oxygen atoms in total. The first-order valence-electron chi connectivity index (χ1n) is 8.93. The fraction of sp³-hybridized carbons (Fsp3) is 0.100. The molecule has 32 heavy (non-hydrogen) atoms. The zero-order valence-electron chi connectivity index (χ0n) is 15.8. The number of carbonyl (C=O) groups excluding carboxylic acids is 1. The summed E-state index contributed by atoms with van der Waals surface area (Å²) in [5.74, 6) is -5.05. The summed E-state index contributed by atoms with van der Waals surface area (Å²) >= 11 is 5.86. The summed E-state index contributed by atoms with van der Waals surface area (Å²) in [5, 5.41) is 9.66. The Morgan fingerprint density at radius 3 is 2.56 bits per heavy atom. The lowest BCUT2D eigenvalue weighted by Gasteiger charge is -2.16. The number of ether oxygens (including phenoxy) is 1. The normalized spacial score (nSPS) is 15.2. The molecule has 0 unspecified atom stereocenters. The molecule has 0 aliphatic carbocycles. The third-order valence-electron chi connectivity index (χ3n) is 4.71. The maximum Gasteiger partial charge on any atom is 0.338 e. The lowest BCUT2D eigenvalue weighted by atomic mass is 9.99. The number of nitrogens with zero attached hydrogens (tertiary/aromatic N) is 1. The van der Waals surface area contributed by atoms with Gasteiger partial charge < -0.3 is 9.84 Å². The first kappa shape index (κ1) is 21.9. The number of aromatic hydroxyl groups is 1. The summed E-state index contributed by atoms with van der Waals surface area (Å²) < 4.78 is 75.4. The number of nitrogens with one attached hydrogen (secondary N) is 1. The van der Waals surface area contributed by atoms with Gasteiger partial charge >= 0.3 is 5.97 Å². The highest BCUT2D eigenvalue weighted by molar-refractivity contribution is 7.92. The van der Waals surface area contributed by atoms with E-state index in [1.54, 1.807) is 0 Å². The van der Waals surface area contributed by atoms with Gasteiger partial charge in [0.25, 0.3) is 10.0 Å². The SMILES string of the molecule is O=C1OCCc2cc(F)ncc2-c2cc(c(F)cc2F)NS(=O)(=O)c2cc1cc(Cl)c2O. The Bertz CT molecular complexity index is 1380. The van der Waals surface area contributed by atoms with Crippen LogP contribution in [0.15, 0.2) is 41.4 Å². The van der Waals surface area contributed by atoms with Crippen molar-refractivity contribution in [2.24, 2.45) is 0 Å². The van der Waals surface area contributed by atoms with Crippen LogP contribution in [-0.2, 0) is 21.2 Å². The third kappa shape index (κ3) is 3.96. The molecule has 0 radical (unpaired) electrons. The number of hydrogen-bond acceptors (Lipinski definition) is 6. The van der Waals surface area contributed by atoms with E-state index in [1.807, 2.05) is 4.72 Å². The number of rotatable bonds is 0. The molecule has 4 bridgehead atoms. The molecule has 12 heteroatoms. The second-order valence-corrected chi connectivity index (χ2v) is 8.83. The largest absolute Gasteiger partial charge is 0.505 e. The van der Waals surface area contributed by atoms with Gasteiger partial charge in [0.2, 0.25) is 5.95 Å². The summed E-state index contributed by atoms with van der Waals surface area (Å²) in [5.41, 5.74) is -0.997. The predicted octanol–water partition coefficient (Wildman–Crippen LogP) is 4.04. The molecule has 2 heterocycles. The van der Waals surface area contributed by atoms with Crippen molar-refractivity contribution >= 4 is 33.3 Å². The number of phenols is 1. The molecule has 0 spiro atoms. The van der Waals surface area contributed by atoms with Crippen LogP contribution in [0, 0.1) is 17.6 Å². The lowest BCUT2D eigenvalue weighted by molar-refractivity contribution is 0.0509. The molecule has 0 atom stereocenters. The van der Waals surface area contributed by atoms with Crippen LogP contribution >= 0.6 is 11.6 Å². The van der Waals surface area contributed by atoms with E-state index in [9.17, 15) is 31.5 Å². The monoisotopic (exact) mass is 484 g/mol. The van der Waals surface area contributed by atoms with Crippen LogP contribution in [0.3, 0.4) is 0 Å². The number of fused-ring (bicyclic) bond motifs is 6. The molecule has 2 N–H and O–H groups in total. The maximum absolute atomic E-state index is 14.6. The van der Waals surface area contributed by atoms with E-state index in [1.165, 1.54) is 0 Å². The summed E-state index contributed by atoms with van der Waals surface area (Å²) in [6.45, 7) is -0.288. The zero-order chi connectivity index (χ0) is 23.2. The van der Waals surface area contributed by atoms with Gasteiger partial charge in [-0.15, -0.1) is 0 Å². The van der Waals surface area contributed by atoms with Crippen LogP contribution in [0.4, 0.5) is 18.9 Å². The molecule has 0 fully saturated rings. The molecule has 0 amide bonds. The van der Waals surface area contributed by atoms with Crippen molar-refractivity contribution in [3.05, 3.63) is 70.3 Å². The molecule has 2 aromatic carbocycles. The van der Waals surface area contributed by atoms with Gasteiger partial charge in [-0.1, -0.05) is 11.6 Å². The highest BCUT2D eigenvalue weighted by Gasteiger charge is 2.27. The van der Waals surface area contributed by atoms with Crippen molar-refractivity contribution in [2.45, 2.75) is 11.3 Å². The van der Waals surface area contributed by atoms with Gasteiger partial charge in [-0.3, -0.25) is 4.72 Å². The van der Waals surface area contributed by atoms with Crippen LogP contribution < -0.4 is 4.72 Å². The minimum atomic E-state index is -4.69. The first-order chi connectivity index (χ1) is 15.1. The van der Waals surface area contributed by atoms with Gasteiger partial charge in [0.1, 0.15) is 16.5 Å². The highest BCUT2D eigenvalue weighted by atomic mass is 35.5. The minimum Gasteiger partial charge on any atom is -0.505 e. The van der Waals surface area contributed by atoms with Gasteiger partial charge in [-0.05, 0) is 29.8 Å². The second kappa shape index (κ2) is 7.99. The van der Waals surface area contributed by atoms with Gasteiger partial charge in [-0.25, -0.2) is 27.0 Å². The van der Waals surface area contributed by atoms with E-state index < -0.39 is 54.9 Å². The number of aromatic nitrogens is 1. The molecule has 166 valence electrons. The number of hydrogen-bond donors (Lipinski definition) is 2. The molecular weight excluding hydrogens is 473 g/mol. The number of cyclic esters (lactones) is 1. The molecule has 1 aliphatic heterocycles. The molecular formula is C20H12ClF3N2O5S. The highest BCUT2D eigenvalue weighted by Crippen LogP contribution is 2.36. The Morgan fingerprint density at radius 1 is 1.06 bits per heavy atom. The Hall–Kier alpha value is -3.31. The average Bonchev–Trinajstić information content (AvgIpc) is 2.71. The summed E-state index contributed by atoms with van der Waals surface area (Å²) in [4.78, 5) is 15.0. The quantitative estimate of drug-likeness (QED) is 0.368. The maximum atomic E-state index is 14.6. The number of phenolic OH excluding ortho intramolecular Hbond substituents is 1. The number of benzene rings is 2. The number of pyridine rings is 1. The average molecular weight is 485 g/mol. The summed E-state index contributed by atoms with van der Waals surface area (Å²) in [6.07, 6.45) is 0.943. The van der Waals surface area contributed by atoms with Crippen molar-refractivity contribution < 1.29 is 36.2 Å². The standard InChI is InChI=1S/C20H12ClF3N2O5S/c21-13-3-10-4-17(19(13)27)32(29,30)26-16-6-11(14(22)7-15(16)23)12-8-25-18(24)5-9(12)1-2-31-20(10)28/h3-8,26-27H,1-2H2. The fourth-order valence-electron chi connectivity index (χ4n) is 3.18. The van der Waals surface area contributed by atoms with Crippen molar-refractivity contribution in [1.82, 2.24) is 4.98 Å². The van der Waals surface area contributed by atoms with Crippen LogP contribution in [-0.4, -0.2) is 31.1 Å². The number of sulfonamides is 1. The number of esters is 1. The van der Waals surface area contributed by atoms with E-state index in [2.05, 4.69) is 4.98 Å². The number of carbonyl (C=O) groups is 1. The van der Waals surface area contributed by atoms with E-state index in [0.717, 1.165) is 30.5 Å². The van der Waals surface area contributed by atoms with Gasteiger partial charge in [0.15, 0.2) is 5.75 Å². The van der Waals surface area contributed by atoms with Gasteiger partial charge in [-0.2, -0.15) is 4.39 Å². The van der Waals surface area contributed by atoms with E-state index in [0.29, 0.717) is 6.07 Å². The third-order valence-corrected chi connectivity index (χ3v) is 6.37. The second-order valence-electron chi connectivity index (χ2n) is 6.77. The Kier molecular flexibility index (Phi) is 5.47. The molecule has 3 aromatic rings. The van der Waals surface area contributed by atoms with E-state index in [-0.39, 0.29) is 35.3 Å². The first-order valence-corrected chi connectivity index (χ1v) is 10.8. The van der Waals surface area contributed by atoms with E-state index >= 15 is 0 Å². The summed E-state index contributed by atoms with van der Waals surface area (Å²) in [6, 6.07) is 4.13. The summed E-state index contributed by atoms with van der Waals surface area (Å²) in [7, 11) is -4.69. The molecule has 4 rings (SSSR count). The van der Waals surface area contributed by atoms with Crippen molar-refractivity contribution in [1.29, 1.82) is 0 Å². The molecule has 1 aliphatic rings. The number of anilines is 1. The molecule has 0 saturated heterocycles. The van der Waals surface area contributed by atoms with Gasteiger partial charge in [0.05, 0.1) is 22.9 Å². The molecule has 1 aromatic heterocycles. The lowest BCUT2D eigenvalue weighted by Crippen LogP contribution is -2.17. The van der Waals surface area contributed by atoms with Crippen molar-refractivity contribution in [3.8, 4) is 16.9 Å². The Balaban J connectivity index is 1.98. The predicted molar refractivity (Wildman–Crippen MR) is 107 cm³/mol. The minimum absolute atomic E-state index is 0.0434. The smallest absolute Gasteiger partial charge is 0.338 e. The van der Waals surface area contributed by atoms with Crippen molar-refractivity contribution in [2.75, 3.05) is 11.3 Å². The van der Waals surface area contributed by atoms with Crippen LogP contribution in [0.5, 0.6) is 5.75 Å². The fourth-order valence-corrected chi connectivity index (χ4v) is 4.66. The number of halogens is 4. The van der Waals surface area contributed by atoms with Crippen LogP contribution in [0.2, 0.25) is 5.02 Å². The molecule has 0 saturated carbocycles. The Labute approximate surface area is 184 Å². The van der Waals surface area contributed by atoms with Crippen molar-refractivity contribution in [3.63, 3.8) is 0 Å². The van der Waals surface area contributed by atoms with Gasteiger partial charge in [0, 0.05) is 29.8 Å². The van der Waals surface area contributed by atoms with Crippen LogP contribution in [0.25, 0.3) is 11.1 Å². The van der Waals surface area contributed by atoms with Crippen LogP contribution in [0.1, 0.15) is 15.9 Å². The Morgan fingerprint density at radius 2 is 1.81 bits per heavy atom. The van der Waals surface area contributed by atoms with E-state index in [4.69, 9.17) is 16.3 Å². The topological polar surface area (TPSA) is 106 Å².